The van der Waals surface area contributed by atoms with Gasteiger partial charge in [0.15, 0.2) is 0 Å². The SMILES string of the molecule is COc1ccc(-n2c(C(=O)N(C)C)ccc2C(=O)N2CCN(C)CC2)cc1. The Morgan fingerprint density at radius 1 is 0.926 bits per heavy atom. The van der Waals surface area contributed by atoms with Crippen LogP contribution in [-0.2, 0) is 0 Å². The maximum Gasteiger partial charge on any atom is 0.270 e. The zero-order valence-electron chi connectivity index (χ0n) is 16.3. The molecule has 0 N–H and O–H groups in total. The molecule has 3 rings (SSSR count). The highest BCUT2D eigenvalue weighted by Gasteiger charge is 2.26. The molecule has 0 saturated carbocycles. The van der Waals surface area contributed by atoms with Crippen LogP contribution in [0.3, 0.4) is 0 Å². The fourth-order valence-electron chi connectivity index (χ4n) is 3.18. The van der Waals surface area contributed by atoms with Gasteiger partial charge in [-0.15, -0.1) is 0 Å². The van der Waals surface area contributed by atoms with E-state index in [0.29, 0.717) is 24.5 Å². The van der Waals surface area contributed by atoms with Gasteiger partial charge < -0.3 is 24.0 Å². The van der Waals surface area contributed by atoms with Crippen molar-refractivity contribution in [1.82, 2.24) is 19.3 Å². The number of benzene rings is 1. The third-order valence-electron chi connectivity index (χ3n) is 4.85. The summed E-state index contributed by atoms with van der Waals surface area (Å²) in [5.74, 6) is 0.512. The lowest BCUT2D eigenvalue weighted by Gasteiger charge is -2.32. The molecule has 1 fully saturated rings. The maximum atomic E-state index is 13.2. The van der Waals surface area contributed by atoms with Crippen molar-refractivity contribution in [2.75, 3.05) is 54.4 Å². The predicted molar refractivity (Wildman–Crippen MR) is 104 cm³/mol. The first-order valence-corrected chi connectivity index (χ1v) is 8.98. The second kappa shape index (κ2) is 7.84. The Bertz CT molecular complexity index is 818. The molecule has 2 heterocycles. The average Bonchev–Trinajstić information content (AvgIpc) is 3.12. The van der Waals surface area contributed by atoms with E-state index in [1.807, 2.05) is 29.2 Å². The van der Waals surface area contributed by atoms with Gasteiger partial charge in [-0.05, 0) is 43.4 Å². The van der Waals surface area contributed by atoms with Crippen molar-refractivity contribution < 1.29 is 14.3 Å². The van der Waals surface area contributed by atoms with Crippen molar-refractivity contribution in [3.8, 4) is 11.4 Å². The van der Waals surface area contributed by atoms with E-state index in [1.54, 1.807) is 37.9 Å². The molecule has 1 aliphatic rings. The molecule has 1 saturated heterocycles. The minimum atomic E-state index is -0.150. The lowest BCUT2D eigenvalue weighted by Crippen LogP contribution is -2.47. The van der Waals surface area contributed by atoms with Crippen molar-refractivity contribution >= 4 is 11.8 Å². The van der Waals surface area contributed by atoms with Gasteiger partial charge >= 0.3 is 0 Å². The van der Waals surface area contributed by atoms with Gasteiger partial charge in [-0.2, -0.15) is 0 Å². The summed E-state index contributed by atoms with van der Waals surface area (Å²) in [5.41, 5.74) is 1.71. The number of hydrogen-bond donors (Lipinski definition) is 0. The Morgan fingerprint density at radius 2 is 1.52 bits per heavy atom. The molecule has 1 aromatic carbocycles. The molecule has 1 aromatic heterocycles. The molecule has 0 unspecified atom stereocenters. The number of hydrogen-bond acceptors (Lipinski definition) is 4. The third-order valence-corrected chi connectivity index (χ3v) is 4.85. The van der Waals surface area contributed by atoms with Gasteiger partial charge in [-0.25, -0.2) is 0 Å². The summed E-state index contributed by atoms with van der Waals surface area (Å²) in [7, 11) is 7.06. The fraction of sp³-hybridized carbons (Fsp3) is 0.400. The van der Waals surface area contributed by atoms with Crippen LogP contribution in [-0.4, -0.2) is 85.5 Å². The van der Waals surface area contributed by atoms with E-state index in [1.165, 1.54) is 4.90 Å². The van der Waals surface area contributed by atoms with Crippen LogP contribution in [0.2, 0.25) is 0 Å². The Kier molecular flexibility index (Phi) is 5.51. The second-order valence-corrected chi connectivity index (χ2v) is 6.93. The maximum absolute atomic E-state index is 13.2. The molecular formula is C20H26N4O3. The number of carbonyl (C=O) groups is 2. The zero-order chi connectivity index (χ0) is 19.6. The van der Waals surface area contributed by atoms with E-state index >= 15 is 0 Å². The smallest absolute Gasteiger partial charge is 0.270 e. The van der Waals surface area contributed by atoms with E-state index in [0.717, 1.165) is 24.5 Å². The number of amides is 2. The number of aromatic nitrogens is 1. The molecule has 2 aromatic rings. The number of nitrogens with zero attached hydrogens (tertiary/aromatic N) is 4. The Hall–Kier alpha value is -2.80. The summed E-state index contributed by atoms with van der Waals surface area (Å²) in [5, 5.41) is 0. The second-order valence-electron chi connectivity index (χ2n) is 6.93. The highest BCUT2D eigenvalue weighted by molar-refractivity contribution is 5.99. The Labute approximate surface area is 159 Å². The molecular weight excluding hydrogens is 344 g/mol. The van der Waals surface area contributed by atoms with Crippen LogP contribution in [0.25, 0.3) is 5.69 Å². The largest absolute Gasteiger partial charge is 0.497 e. The summed E-state index contributed by atoms with van der Waals surface area (Å²) in [6.07, 6.45) is 0. The average molecular weight is 370 g/mol. The minimum Gasteiger partial charge on any atom is -0.497 e. The number of rotatable bonds is 4. The van der Waals surface area contributed by atoms with Gasteiger partial charge in [0.25, 0.3) is 11.8 Å². The van der Waals surface area contributed by atoms with Crippen molar-refractivity contribution in [3.05, 3.63) is 47.8 Å². The first-order chi connectivity index (χ1) is 12.9. The number of methoxy groups -OCH3 is 1. The number of piperazine rings is 1. The van der Waals surface area contributed by atoms with Crippen LogP contribution >= 0.6 is 0 Å². The Morgan fingerprint density at radius 3 is 2.07 bits per heavy atom. The molecule has 7 nitrogen and oxygen atoms in total. The highest BCUT2D eigenvalue weighted by Crippen LogP contribution is 2.22. The standard InChI is InChI=1S/C20H26N4O3/c1-21(2)19(25)17-9-10-18(20(26)23-13-11-22(3)12-14-23)24(17)15-5-7-16(27-4)8-6-15/h5-10H,11-14H2,1-4H3. The molecule has 7 heteroatoms. The van der Waals surface area contributed by atoms with E-state index < -0.39 is 0 Å². The predicted octanol–water partition coefficient (Wildman–Crippen LogP) is 1.58. The van der Waals surface area contributed by atoms with Crippen molar-refractivity contribution in [2.24, 2.45) is 0 Å². The van der Waals surface area contributed by atoms with E-state index in [-0.39, 0.29) is 11.8 Å². The molecule has 1 aliphatic heterocycles. The van der Waals surface area contributed by atoms with Crippen LogP contribution in [0.5, 0.6) is 5.75 Å². The summed E-state index contributed by atoms with van der Waals surface area (Å²) in [6.45, 7) is 3.05. The van der Waals surface area contributed by atoms with Crippen LogP contribution < -0.4 is 4.74 Å². The van der Waals surface area contributed by atoms with Gasteiger partial charge in [-0.1, -0.05) is 0 Å². The fourth-order valence-corrected chi connectivity index (χ4v) is 3.18. The first-order valence-electron chi connectivity index (χ1n) is 8.98. The summed E-state index contributed by atoms with van der Waals surface area (Å²) in [6, 6.07) is 10.8. The monoisotopic (exact) mass is 370 g/mol. The number of carbonyl (C=O) groups excluding carboxylic acids is 2. The minimum absolute atomic E-state index is 0.0586. The summed E-state index contributed by atoms with van der Waals surface area (Å²) < 4.78 is 6.96. The van der Waals surface area contributed by atoms with Crippen molar-refractivity contribution in [1.29, 1.82) is 0 Å². The van der Waals surface area contributed by atoms with Crippen LogP contribution in [0.4, 0.5) is 0 Å². The van der Waals surface area contributed by atoms with E-state index in [2.05, 4.69) is 11.9 Å². The summed E-state index contributed by atoms with van der Waals surface area (Å²) >= 11 is 0. The molecule has 0 atom stereocenters. The quantitative estimate of drug-likeness (QED) is 0.820. The highest BCUT2D eigenvalue weighted by atomic mass is 16.5. The number of ether oxygens (including phenoxy) is 1. The zero-order valence-corrected chi connectivity index (χ0v) is 16.3. The summed E-state index contributed by atoms with van der Waals surface area (Å²) in [4.78, 5) is 31.4. The van der Waals surface area contributed by atoms with Gasteiger partial charge in [0.2, 0.25) is 0 Å². The lowest BCUT2D eigenvalue weighted by atomic mass is 10.2. The van der Waals surface area contributed by atoms with Crippen LogP contribution in [0.1, 0.15) is 21.0 Å². The molecule has 0 bridgehead atoms. The van der Waals surface area contributed by atoms with E-state index in [9.17, 15) is 9.59 Å². The van der Waals surface area contributed by atoms with Crippen molar-refractivity contribution in [3.63, 3.8) is 0 Å². The lowest BCUT2D eigenvalue weighted by molar-refractivity contribution is 0.0656. The molecule has 27 heavy (non-hydrogen) atoms. The molecule has 0 radical (unpaired) electrons. The molecule has 144 valence electrons. The van der Waals surface area contributed by atoms with E-state index in [4.69, 9.17) is 4.74 Å². The van der Waals surface area contributed by atoms with Crippen molar-refractivity contribution in [2.45, 2.75) is 0 Å². The number of likely N-dealkylation sites (N-methyl/N-ethyl adjacent to an activating group) is 1. The topological polar surface area (TPSA) is 58.0 Å². The molecule has 0 spiro atoms. The van der Waals surface area contributed by atoms with Crippen LogP contribution in [0, 0.1) is 0 Å². The first kappa shape index (κ1) is 19.0. The molecule has 2 amide bonds. The van der Waals surface area contributed by atoms with Gasteiger partial charge in [0.05, 0.1) is 7.11 Å². The van der Waals surface area contributed by atoms with Crippen LogP contribution in [0.15, 0.2) is 36.4 Å². The van der Waals surface area contributed by atoms with Gasteiger partial charge in [0, 0.05) is 46.0 Å². The Balaban J connectivity index is 2.03. The van der Waals surface area contributed by atoms with Gasteiger partial charge in [0.1, 0.15) is 17.1 Å². The third kappa shape index (κ3) is 3.83. The normalized spacial score (nSPS) is 14.9. The van der Waals surface area contributed by atoms with Gasteiger partial charge in [-0.3, -0.25) is 9.59 Å². The molecule has 0 aliphatic carbocycles.